The maximum absolute atomic E-state index is 9.29. The highest BCUT2D eigenvalue weighted by atomic mass is 16.3. The zero-order valence-corrected chi connectivity index (χ0v) is 6.83. The highest BCUT2D eigenvalue weighted by Crippen LogP contribution is 2.20. The molecule has 1 aromatic rings. The number of nitrogens with two attached hydrogens (primary N) is 1. The standard InChI is InChI=1S/C9H13NO/c1-6-3-4-8(7(2)10)5-9(6)11/h3-5,7,11H,10H2,1-2H3. The Bertz CT molecular complexity index is 256. The number of phenols is 1. The van der Waals surface area contributed by atoms with E-state index in [0.29, 0.717) is 5.75 Å². The summed E-state index contributed by atoms with van der Waals surface area (Å²) in [7, 11) is 0. The van der Waals surface area contributed by atoms with E-state index in [1.165, 1.54) is 0 Å². The molecule has 0 radical (unpaired) electrons. The fourth-order valence-electron chi connectivity index (χ4n) is 0.910. The van der Waals surface area contributed by atoms with Crippen LogP contribution in [0.25, 0.3) is 0 Å². The first-order valence-electron chi connectivity index (χ1n) is 3.66. The van der Waals surface area contributed by atoms with Gasteiger partial charge in [-0.3, -0.25) is 0 Å². The minimum Gasteiger partial charge on any atom is -0.508 e. The first kappa shape index (κ1) is 8.08. The smallest absolute Gasteiger partial charge is 0.118 e. The van der Waals surface area contributed by atoms with Crippen LogP contribution in [0.3, 0.4) is 0 Å². The summed E-state index contributed by atoms with van der Waals surface area (Å²) in [6.45, 7) is 3.75. The lowest BCUT2D eigenvalue weighted by molar-refractivity contribution is 0.469. The van der Waals surface area contributed by atoms with Crippen LogP contribution in [0.5, 0.6) is 5.75 Å². The Morgan fingerprint density at radius 1 is 1.45 bits per heavy atom. The molecule has 0 heterocycles. The van der Waals surface area contributed by atoms with Gasteiger partial charge in [0.1, 0.15) is 5.75 Å². The summed E-state index contributed by atoms with van der Waals surface area (Å²) in [6.07, 6.45) is 0. The van der Waals surface area contributed by atoms with E-state index < -0.39 is 0 Å². The van der Waals surface area contributed by atoms with Crippen LogP contribution < -0.4 is 5.73 Å². The van der Waals surface area contributed by atoms with Crippen molar-refractivity contribution in [3.63, 3.8) is 0 Å². The molecule has 0 aliphatic heterocycles. The van der Waals surface area contributed by atoms with Gasteiger partial charge in [0.2, 0.25) is 0 Å². The zero-order valence-electron chi connectivity index (χ0n) is 6.83. The molecule has 0 saturated carbocycles. The van der Waals surface area contributed by atoms with E-state index in [2.05, 4.69) is 0 Å². The van der Waals surface area contributed by atoms with Crippen molar-refractivity contribution in [2.75, 3.05) is 0 Å². The van der Waals surface area contributed by atoms with Crippen molar-refractivity contribution in [3.05, 3.63) is 29.3 Å². The molecular weight excluding hydrogens is 138 g/mol. The maximum atomic E-state index is 9.29. The van der Waals surface area contributed by atoms with Gasteiger partial charge < -0.3 is 10.8 Å². The fourth-order valence-corrected chi connectivity index (χ4v) is 0.910. The summed E-state index contributed by atoms with van der Waals surface area (Å²) in [5.74, 6) is 0.319. The second kappa shape index (κ2) is 2.93. The van der Waals surface area contributed by atoms with Gasteiger partial charge in [-0.25, -0.2) is 0 Å². The molecule has 2 nitrogen and oxygen atoms in total. The Hall–Kier alpha value is -1.02. The second-order valence-corrected chi connectivity index (χ2v) is 2.83. The Balaban J connectivity index is 3.05. The number of hydrogen-bond acceptors (Lipinski definition) is 2. The second-order valence-electron chi connectivity index (χ2n) is 2.83. The van der Waals surface area contributed by atoms with Gasteiger partial charge in [-0.2, -0.15) is 0 Å². The Kier molecular flexibility index (Phi) is 2.15. The SMILES string of the molecule is Cc1ccc(C(C)N)cc1O. The van der Waals surface area contributed by atoms with Crippen LogP contribution in [-0.2, 0) is 0 Å². The van der Waals surface area contributed by atoms with Crippen molar-refractivity contribution in [2.24, 2.45) is 5.73 Å². The number of rotatable bonds is 1. The topological polar surface area (TPSA) is 46.2 Å². The largest absolute Gasteiger partial charge is 0.508 e. The van der Waals surface area contributed by atoms with Gasteiger partial charge in [0.05, 0.1) is 0 Å². The summed E-state index contributed by atoms with van der Waals surface area (Å²) in [5.41, 5.74) is 7.47. The predicted molar refractivity (Wildman–Crippen MR) is 45.4 cm³/mol. The molecule has 2 heteroatoms. The summed E-state index contributed by atoms with van der Waals surface area (Å²) in [4.78, 5) is 0. The third-order valence-corrected chi connectivity index (χ3v) is 1.76. The van der Waals surface area contributed by atoms with Gasteiger partial charge >= 0.3 is 0 Å². The van der Waals surface area contributed by atoms with E-state index >= 15 is 0 Å². The van der Waals surface area contributed by atoms with E-state index in [0.717, 1.165) is 11.1 Å². The van der Waals surface area contributed by atoms with Gasteiger partial charge in [-0.1, -0.05) is 12.1 Å². The van der Waals surface area contributed by atoms with Gasteiger partial charge in [0.15, 0.2) is 0 Å². The lowest BCUT2D eigenvalue weighted by Crippen LogP contribution is -2.04. The van der Waals surface area contributed by atoms with Gasteiger partial charge in [0, 0.05) is 6.04 Å². The molecule has 0 saturated heterocycles. The van der Waals surface area contributed by atoms with Crippen LogP contribution in [0.2, 0.25) is 0 Å². The average molecular weight is 151 g/mol. The van der Waals surface area contributed by atoms with Crippen LogP contribution >= 0.6 is 0 Å². The Morgan fingerprint density at radius 3 is 2.55 bits per heavy atom. The first-order chi connectivity index (χ1) is 5.11. The normalized spacial score (nSPS) is 13.0. The Labute approximate surface area is 66.7 Å². The molecule has 0 amide bonds. The fraction of sp³-hybridized carbons (Fsp3) is 0.333. The van der Waals surface area contributed by atoms with Gasteiger partial charge in [0.25, 0.3) is 0 Å². The Morgan fingerprint density at radius 2 is 2.09 bits per heavy atom. The number of benzene rings is 1. The average Bonchev–Trinajstić information content (AvgIpc) is 1.94. The lowest BCUT2D eigenvalue weighted by atomic mass is 10.1. The number of phenolic OH excluding ortho intramolecular Hbond substituents is 1. The first-order valence-corrected chi connectivity index (χ1v) is 3.66. The molecule has 1 rings (SSSR count). The highest BCUT2D eigenvalue weighted by Gasteiger charge is 2.01. The van der Waals surface area contributed by atoms with E-state index in [1.54, 1.807) is 6.07 Å². The molecule has 1 unspecified atom stereocenters. The summed E-state index contributed by atoms with van der Waals surface area (Å²) < 4.78 is 0. The molecule has 0 aromatic heterocycles. The van der Waals surface area contributed by atoms with Crippen LogP contribution in [0.15, 0.2) is 18.2 Å². The monoisotopic (exact) mass is 151 g/mol. The van der Waals surface area contributed by atoms with Crippen molar-refractivity contribution >= 4 is 0 Å². The molecule has 0 aliphatic carbocycles. The molecule has 1 aromatic carbocycles. The van der Waals surface area contributed by atoms with Crippen LogP contribution in [0, 0.1) is 6.92 Å². The molecule has 3 N–H and O–H groups in total. The molecule has 0 spiro atoms. The third-order valence-electron chi connectivity index (χ3n) is 1.76. The van der Waals surface area contributed by atoms with Crippen molar-refractivity contribution in [3.8, 4) is 5.75 Å². The minimum atomic E-state index is -0.0125. The summed E-state index contributed by atoms with van der Waals surface area (Å²) in [5, 5.41) is 9.29. The molecule has 0 aliphatic rings. The molecular formula is C9H13NO. The van der Waals surface area contributed by atoms with E-state index in [4.69, 9.17) is 5.73 Å². The number of hydrogen-bond donors (Lipinski definition) is 2. The van der Waals surface area contributed by atoms with Crippen molar-refractivity contribution in [1.29, 1.82) is 0 Å². The van der Waals surface area contributed by atoms with Gasteiger partial charge in [-0.05, 0) is 31.0 Å². The van der Waals surface area contributed by atoms with Gasteiger partial charge in [-0.15, -0.1) is 0 Å². The lowest BCUT2D eigenvalue weighted by Gasteiger charge is -2.06. The molecule has 0 fully saturated rings. The summed E-state index contributed by atoms with van der Waals surface area (Å²) >= 11 is 0. The van der Waals surface area contributed by atoms with E-state index in [-0.39, 0.29) is 6.04 Å². The molecule has 11 heavy (non-hydrogen) atoms. The molecule has 60 valence electrons. The summed E-state index contributed by atoms with van der Waals surface area (Å²) in [6, 6.07) is 5.50. The quantitative estimate of drug-likeness (QED) is 0.642. The number of aryl methyl sites for hydroxylation is 1. The highest BCUT2D eigenvalue weighted by molar-refractivity contribution is 5.36. The van der Waals surface area contributed by atoms with E-state index in [1.807, 2.05) is 26.0 Å². The maximum Gasteiger partial charge on any atom is 0.118 e. The van der Waals surface area contributed by atoms with Crippen molar-refractivity contribution in [1.82, 2.24) is 0 Å². The minimum absolute atomic E-state index is 0.0125. The van der Waals surface area contributed by atoms with Crippen LogP contribution in [0.1, 0.15) is 24.1 Å². The molecule has 0 bridgehead atoms. The number of aromatic hydroxyl groups is 1. The van der Waals surface area contributed by atoms with Crippen LogP contribution in [-0.4, -0.2) is 5.11 Å². The molecule has 1 atom stereocenters. The van der Waals surface area contributed by atoms with E-state index in [9.17, 15) is 5.11 Å². The van der Waals surface area contributed by atoms with Crippen molar-refractivity contribution in [2.45, 2.75) is 19.9 Å². The zero-order chi connectivity index (χ0) is 8.43. The van der Waals surface area contributed by atoms with Crippen molar-refractivity contribution < 1.29 is 5.11 Å². The van der Waals surface area contributed by atoms with Crippen LogP contribution in [0.4, 0.5) is 0 Å². The third kappa shape index (κ3) is 1.71. The predicted octanol–water partition coefficient (Wildman–Crippen LogP) is 1.72.